The smallest absolute Gasteiger partial charge is 0.252 e. The number of nitrogens with one attached hydrogen (secondary N) is 2. The van der Waals surface area contributed by atoms with E-state index in [0.717, 1.165) is 27.8 Å². The Morgan fingerprint density at radius 3 is 2.67 bits per heavy atom. The van der Waals surface area contributed by atoms with E-state index in [1.807, 2.05) is 48.5 Å². The Bertz CT molecular complexity index is 984. The molecule has 0 aliphatic carbocycles. The van der Waals surface area contributed by atoms with Crippen LogP contribution in [0.2, 0.25) is 0 Å². The van der Waals surface area contributed by atoms with Crippen LogP contribution >= 0.6 is 0 Å². The second-order valence-corrected chi connectivity index (χ2v) is 5.58. The van der Waals surface area contributed by atoms with Crippen LogP contribution in [-0.2, 0) is 6.42 Å². The van der Waals surface area contributed by atoms with Gasteiger partial charge in [0.05, 0.1) is 22.1 Å². The van der Waals surface area contributed by atoms with Gasteiger partial charge in [0.15, 0.2) is 0 Å². The van der Waals surface area contributed by atoms with Crippen LogP contribution in [0.4, 0.5) is 0 Å². The van der Waals surface area contributed by atoms with Gasteiger partial charge in [-0.1, -0.05) is 30.3 Å². The highest BCUT2D eigenvalue weighted by atomic mass is 16.1. The lowest BCUT2D eigenvalue weighted by Crippen LogP contribution is -2.26. The molecule has 5 nitrogen and oxygen atoms in total. The fraction of sp³-hybridized carbons (Fsp3) is 0.105. The molecule has 0 aliphatic rings. The van der Waals surface area contributed by atoms with Crippen LogP contribution in [0, 0.1) is 0 Å². The summed E-state index contributed by atoms with van der Waals surface area (Å²) in [5, 5.41) is 3.82. The molecule has 0 spiro atoms. The maximum absolute atomic E-state index is 12.5. The van der Waals surface area contributed by atoms with E-state index in [-0.39, 0.29) is 5.91 Å². The molecule has 118 valence electrons. The van der Waals surface area contributed by atoms with Gasteiger partial charge in [0.25, 0.3) is 5.91 Å². The van der Waals surface area contributed by atoms with E-state index in [0.29, 0.717) is 18.5 Å². The summed E-state index contributed by atoms with van der Waals surface area (Å²) in [6.45, 7) is 0.523. The molecule has 1 amide bonds. The third kappa shape index (κ3) is 2.72. The van der Waals surface area contributed by atoms with Crippen molar-refractivity contribution in [3.8, 4) is 0 Å². The number of imidazole rings is 1. The molecule has 5 heteroatoms. The van der Waals surface area contributed by atoms with E-state index in [1.165, 1.54) is 0 Å². The first-order valence-electron chi connectivity index (χ1n) is 7.87. The van der Waals surface area contributed by atoms with E-state index in [2.05, 4.69) is 20.3 Å². The zero-order valence-electron chi connectivity index (χ0n) is 13.0. The Labute approximate surface area is 138 Å². The number of aromatic amines is 1. The molecule has 2 heterocycles. The van der Waals surface area contributed by atoms with Gasteiger partial charge in [0.1, 0.15) is 5.82 Å². The van der Waals surface area contributed by atoms with E-state index in [4.69, 9.17) is 0 Å². The predicted octanol–water partition coefficient (Wildman–Crippen LogP) is 3.08. The van der Waals surface area contributed by atoms with Crippen molar-refractivity contribution in [3.63, 3.8) is 0 Å². The van der Waals surface area contributed by atoms with Crippen molar-refractivity contribution in [1.82, 2.24) is 20.3 Å². The molecular weight excluding hydrogens is 300 g/mol. The van der Waals surface area contributed by atoms with Gasteiger partial charge in [-0.3, -0.25) is 9.78 Å². The van der Waals surface area contributed by atoms with Gasteiger partial charge in [0.2, 0.25) is 0 Å². The first-order chi connectivity index (χ1) is 11.8. The summed E-state index contributed by atoms with van der Waals surface area (Å²) in [6, 6.07) is 17.3. The molecule has 0 aliphatic heterocycles. The lowest BCUT2D eigenvalue weighted by Gasteiger charge is -2.07. The van der Waals surface area contributed by atoms with Gasteiger partial charge in [0, 0.05) is 24.5 Å². The average molecular weight is 316 g/mol. The molecule has 0 atom stereocenters. The topological polar surface area (TPSA) is 70.7 Å². The van der Waals surface area contributed by atoms with E-state index in [9.17, 15) is 4.79 Å². The fourth-order valence-electron chi connectivity index (χ4n) is 2.81. The van der Waals surface area contributed by atoms with Crippen molar-refractivity contribution >= 4 is 27.8 Å². The third-order valence-corrected chi connectivity index (χ3v) is 3.98. The largest absolute Gasteiger partial charge is 0.352 e. The van der Waals surface area contributed by atoms with Gasteiger partial charge in [-0.05, 0) is 24.3 Å². The summed E-state index contributed by atoms with van der Waals surface area (Å²) in [5.41, 5.74) is 3.42. The van der Waals surface area contributed by atoms with E-state index < -0.39 is 0 Å². The molecule has 2 aromatic carbocycles. The second-order valence-electron chi connectivity index (χ2n) is 5.58. The highest BCUT2D eigenvalue weighted by Crippen LogP contribution is 2.16. The van der Waals surface area contributed by atoms with Crippen LogP contribution in [0.25, 0.3) is 21.9 Å². The first kappa shape index (κ1) is 14.4. The second kappa shape index (κ2) is 6.12. The predicted molar refractivity (Wildman–Crippen MR) is 93.9 cm³/mol. The first-order valence-corrected chi connectivity index (χ1v) is 7.87. The molecule has 0 saturated heterocycles. The Balaban J connectivity index is 1.46. The molecule has 24 heavy (non-hydrogen) atoms. The Kier molecular flexibility index (Phi) is 3.67. The molecule has 0 radical (unpaired) electrons. The number of para-hydroxylation sites is 3. The quantitative estimate of drug-likeness (QED) is 0.608. The third-order valence-electron chi connectivity index (χ3n) is 3.98. The number of nitrogens with zero attached hydrogens (tertiary/aromatic N) is 2. The summed E-state index contributed by atoms with van der Waals surface area (Å²) >= 11 is 0. The maximum atomic E-state index is 12.5. The van der Waals surface area contributed by atoms with Crippen molar-refractivity contribution in [2.45, 2.75) is 6.42 Å². The monoisotopic (exact) mass is 316 g/mol. The van der Waals surface area contributed by atoms with E-state index in [1.54, 1.807) is 12.3 Å². The SMILES string of the molecule is O=C(NCCc1nc2ccccc2[nH]1)c1ccnc2ccccc12. The molecule has 4 rings (SSSR count). The molecule has 4 aromatic rings. The molecule has 0 bridgehead atoms. The zero-order valence-corrected chi connectivity index (χ0v) is 13.0. The van der Waals surface area contributed by atoms with Crippen molar-refractivity contribution in [2.75, 3.05) is 6.54 Å². The van der Waals surface area contributed by atoms with Gasteiger partial charge >= 0.3 is 0 Å². The van der Waals surface area contributed by atoms with Gasteiger partial charge < -0.3 is 10.3 Å². The Hall–Kier alpha value is -3.21. The van der Waals surface area contributed by atoms with Gasteiger partial charge in [-0.2, -0.15) is 0 Å². The summed E-state index contributed by atoms with van der Waals surface area (Å²) < 4.78 is 0. The minimum Gasteiger partial charge on any atom is -0.352 e. The van der Waals surface area contributed by atoms with Crippen LogP contribution < -0.4 is 5.32 Å². The Morgan fingerprint density at radius 2 is 1.79 bits per heavy atom. The van der Waals surface area contributed by atoms with Crippen LogP contribution in [0.15, 0.2) is 60.8 Å². The molecule has 0 saturated carbocycles. The average Bonchev–Trinajstić information content (AvgIpc) is 3.04. The van der Waals surface area contributed by atoms with Crippen LogP contribution in [0.3, 0.4) is 0 Å². The van der Waals surface area contributed by atoms with Crippen molar-refractivity contribution in [2.24, 2.45) is 0 Å². The molecule has 0 unspecified atom stereocenters. The number of aromatic nitrogens is 3. The van der Waals surface area contributed by atoms with Crippen molar-refractivity contribution in [3.05, 3.63) is 72.2 Å². The number of fused-ring (bicyclic) bond motifs is 2. The summed E-state index contributed by atoms with van der Waals surface area (Å²) in [7, 11) is 0. The number of carbonyl (C=O) groups is 1. The lowest BCUT2D eigenvalue weighted by atomic mass is 10.1. The van der Waals surface area contributed by atoms with Crippen LogP contribution in [0.1, 0.15) is 16.2 Å². The number of H-pyrrole nitrogens is 1. The minimum absolute atomic E-state index is 0.0929. The van der Waals surface area contributed by atoms with Crippen LogP contribution in [-0.4, -0.2) is 27.4 Å². The number of amides is 1. The maximum Gasteiger partial charge on any atom is 0.252 e. The van der Waals surface area contributed by atoms with Crippen molar-refractivity contribution < 1.29 is 4.79 Å². The standard InChI is InChI=1S/C19H16N4O/c24-19(14-9-11-20-15-6-2-1-5-13(14)15)21-12-10-18-22-16-7-3-4-8-17(16)23-18/h1-9,11H,10,12H2,(H,21,24)(H,22,23). The number of carbonyl (C=O) groups excluding carboxylic acids is 1. The number of benzene rings is 2. The summed E-state index contributed by atoms with van der Waals surface area (Å²) in [4.78, 5) is 24.5. The zero-order chi connectivity index (χ0) is 16.4. The van der Waals surface area contributed by atoms with Crippen LogP contribution in [0.5, 0.6) is 0 Å². The molecule has 2 aromatic heterocycles. The molecule has 2 N–H and O–H groups in total. The number of pyridine rings is 1. The Morgan fingerprint density at radius 1 is 1.00 bits per heavy atom. The number of rotatable bonds is 4. The fourth-order valence-corrected chi connectivity index (χ4v) is 2.81. The lowest BCUT2D eigenvalue weighted by molar-refractivity contribution is 0.0955. The highest BCUT2D eigenvalue weighted by molar-refractivity contribution is 6.05. The highest BCUT2D eigenvalue weighted by Gasteiger charge is 2.10. The van der Waals surface area contributed by atoms with Gasteiger partial charge in [-0.15, -0.1) is 0 Å². The molecular formula is C19H16N4O. The number of hydrogen-bond acceptors (Lipinski definition) is 3. The minimum atomic E-state index is -0.0929. The van der Waals surface area contributed by atoms with Gasteiger partial charge in [-0.25, -0.2) is 4.98 Å². The van der Waals surface area contributed by atoms with Crippen molar-refractivity contribution in [1.29, 1.82) is 0 Å². The number of hydrogen-bond donors (Lipinski definition) is 2. The van der Waals surface area contributed by atoms with E-state index >= 15 is 0 Å². The summed E-state index contributed by atoms with van der Waals surface area (Å²) in [5.74, 6) is 0.779. The summed E-state index contributed by atoms with van der Waals surface area (Å²) in [6.07, 6.45) is 2.32. The normalized spacial score (nSPS) is 11.0. The molecule has 0 fully saturated rings.